The first-order valence-electron chi connectivity index (χ1n) is 11.4. The third kappa shape index (κ3) is 3.73. The molecule has 1 N–H and O–H groups in total. The van der Waals surface area contributed by atoms with Crippen LogP contribution < -0.4 is 4.74 Å². The number of rotatable bonds is 4. The fourth-order valence-electron chi connectivity index (χ4n) is 4.85. The van der Waals surface area contributed by atoms with E-state index in [0.717, 1.165) is 37.2 Å². The van der Waals surface area contributed by atoms with Crippen LogP contribution >= 0.6 is 0 Å². The molecule has 5 rings (SSSR count). The molecule has 164 valence electrons. The third-order valence-electron chi connectivity index (χ3n) is 6.73. The van der Waals surface area contributed by atoms with E-state index in [1.54, 1.807) is 7.11 Å². The Morgan fingerprint density at radius 3 is 2.48 bits per heavy atom. The number of carbonyl (C=O) groups excluding carboxylic acids is 1. The van der Waals surface area contributed by atoms with Crippen LogP contribution in [0.5, 0.6) is 5.75 Å². The van der Waals surface area contributed by atoms with Gasteiger partial charge in [-0.1, -0.05) is 0 Å². The lowest BCUT2D eigenvalue weighted by atomic mass is 9.89. The number of amides is 1. The second-order valence-electron chi connectivity index (χ2n) is 10.0. The number of methoxy groups -OCH3 is 1. The van der Waals surface area contributed by atoms with Crippen molar-refractivity contribution in [2.75, 3.05) is 20.2 Å². The molecule has 1 saturated carbocycles. The maximum Gasteiger partial charge on any atom is 0.274 e. The highest BCUT2D eigenvalue weighted by Crippen LogP contribution is 2.42. The van der Waals surface area contributed by atoms with E-state index in [1.807, 2.05) is 17.0 Å². The van der Waals surface area contributed by atoms with Crippen molar-refractivity contribution in [2.45, 2.75) is 63.8 Å². The van der Waals surface area contributed by atoms with Crippen LogP contribution in [0.1, 0.15) is 80.0 Å². The highest BCUT2D eigenvalue weighted by atomic mass is 16.5. The van der Waals surface area contributed by atoms with Crippen molar-refractivity contribution in [3.63, 3.8) is 0 Å². The van der Waals surface area contributed by atoms with E-state index in [2.05, 4.69) is 48.8 Å². The number of hydrogen-bond donors (Lipinski definition) is 1. The molecule has 0 atom stereocenters. The van der Waals surface area contributed by atoms with E-state index in [-0.39, 0.29) is 11.4 Å². The molecule has 0 bridgehead atoms. The summed E-state index contributed by atoms with van der Waals surface area (Å²) in [5.74, 6) is 1.96. The number of H-pyrrole nitrogens is 1. The van der Waals surface area contributed by atoms with E-state index in [1.165, 1.54) is 29.5 Å². The molecular formula is C25H32N4O2. The molecule has 1 amide bonds. The average Bonchev–Trinajstić information content (AvgIpc) is 3.36. The standard InChI is InChI=1S/C25H32N4O2/c1-25(2,3)29-23(17-5-6-17)14-22(27-29)24(30)28-11-9-16(10-12-28)20-15-26-21-8-7-18(31-4)13-19(20)21/h7-8,13-17,26H,5-6,9-12H2,1-4H3. The van der Waals surface area contributed by atoms with E-state index in [9.17, 15) is 4.79 Å². The van der Waals surface area contributed by atoms with Crippen LogP contribution in [-0.2, 0) is 5.54 Å². The van der Waals surface area contributed by atoms with Gasteiger partial charge in [0.1, 0.15) is 5.75 Å². The SMILES string of the molecule is COc1ccc2[nH]cc(C3CCN(C(=O)c4cc(C5CC5)n(C(C)(C)C)n4)CC3)c2c1. The number of aromatic amines is 1. The van der Waals surface area contributed by atoms with Gasteiger partial charge in [-0.3, -0.25) is 9.48 Å². The maximum atomic E-state index is 13.3. The average molecular weight is 421 g/mol. The number of hydrogen-bond acceptors (Lipinski definition) is 3. The van der Waals surface area contributed by atoms with Crippen LogP contribution in [0.2, 0.25) is 0 Å². The summed E-state index contributed by atoms with van der Waals surface area (Å²) in [4.78, 5) is 18.6. The van der Waals surface area contributed by atoms with Gasteiger partial charge in [-0.25, -0.2) is 0 Å². The zero-order valence-electron chi connectivity index (χ0n) is 18.9. The second-order valence-corrected chi connectivity index (χ2v) is 10.0. The molecule has 2 aliphatic rings. The molecule has 6 nitrogen and oxygen atoms in total. The summed E-state index contributed by atoms with van der Waals surface area (Å²) in [5, 5.41) is 5.98. The van der Waals surface area contributed by atoms with Crippen LogP contribution in [-0.4, -0.2) is 45.8 Å². The lowest BCUT2D eigenvalue weighted by Gasteiger charge is -2.31. The lowest BCUT2D eigenvalue weighted by molar-refractivity contribution is 0.0705. The Balaban J connectivity index is 1.31. The number of ether oxygens (including phenoxy) is 1. The van der Waals surface area contributed by atoms with Crippen molar-refractivity contribution in [1.82, 2.24) is 19.7 Å². The molecular weight excluding hydrogens is 388 g/mol. The zero-order valence-corrected chi connectivity index (χ0v) is 18.9. The van der Waals surface area contributed by atoms with E-state index >= 15 is 0 Å². The minimum Gasteiger partial charge on any atom is -0.497 e. The third-order valence-corrected chi connectivity index (χ3v) is 6.73. The lowest BCUT2D eigenvalue weighted by Crippen LogP contribution is -2.38. The number of nitrogens with one attached hydrogen (secondary N) is 1. The molecule has 1 saturated heterocycles. The Morgan fingerprint density at radius 1 is 1.10 bits per heavy atom. The Morgan fingerprint density at radius 2 is 1.84 bits per heavy atom. The van der Waals surface area contributed by atoms with Gasteiger partial charge in [0.05, 0.1) is 12.6 Å². The van der Waals surface area contributed by atoms with Crippen molar-refractivity contribution in [2.24, 2.45) is 0 Å². The predicted octanol–water partition coefficient (Wildman–Crippen LogP) is 5.03. The molecule has 2 fully saturated rings. The first kappa shape index (κ1) is 20.2. The minimum atomic E-state index is -0.111. The van der Waals surface area contributed by atoms with Crippen LogP contribution in [0.4, 0.5) is 0 Å². The predicted molar refractivity (Wildman–Crippen MR) is 122 cm³/mol. The zero-order chi connectivity index (χ0) is 21.8. The Kier molecular flexibility index (Phi) is 4.83. The summed E-state index contributed by atoms with van der Waals surface area (Å²) >= 11 is 0. The van der Waals surface area contributed by atoms with Gasteiger partial charge >= 0.3 is 0 Å². The summed E-state index contributed by atoms with van der Waals surface area (Å²) in [7, 11) is 1.70. The first-order chi connectivity index (χ1) is 14.8. The Bertz CT molecular complexity index is 1110. The van der Waals surface area contributed by atoms with Crippen molar-refractivity contribution in [3.05, 3.63) is 47.4 Å². The van der Waals surface area contributed by atoms with Gasteiger partial charge in [0.2, 0.25) is 0 Å². The number of fused-ring (bicyclic) bond motifs is 1. The minimum absolute atomic E-state index is 0.0731. The van der Waals surface area contributed by atoms with Crippen molar-refractivity contribution < 1.29 is 9.53 Å². The van der Waals surface area contributed by atoms with E-state index < -0.39 is 0 Å². The van der Waals surface area contributed by atoms with Gasteiger partial charge in [-0.15, -0.1) is 0 Å². The van der Waals surface area contributed by atoms with Gasteiger partial charge in [0.15, 0.2) is 5.69 Å². The number of carbonyl (C=O) groups is 1. The largest absolute Gasteiger partial charge is 0.497 e. The highest BCUT2D eigenvalue weighted by molar-refractivity contribution is 5.92. The van der Waals surface area contributed by atoms with Crippen LogP contribution in [0.15, 0.2) is 30.5 Å². The smallest absolute Gasteiger partial charge is 0.274 e. The van der Waals surface area contributed by atoms with Crippen LogP contribution in [0, 0.1) is 0 Å². The second kappa shape index (κ2) is 7.43. The van der Waals surface area contributed by atoms with Gasteiger partial charge < -0.3 is 14.6 Å². The van der Waals surface area contributed by atoms with E-state index in [4.69, 9.17) is 9.84 Å². The molecule has 1 aromatic carbocycles. The molecule has 1 aliphatic heterocycles. The normalized spacial score (nSPS) is 18.0. The summed E-state index contributed by atoms with van der Waals surface area (Å²) in [6, 6.07) is 8.20. The quantitative estimate of drug-likeness (QED) is 0.644. The number of aromatic nitrogens is 3. The molecule has 0 spiro atoms. The topological polar surface area (TPSA) is 63.1 Å². The molecule has 0 unspecified atom stereocenters. The molecule has 6 heteroatoms. The van der Waals surface area contributed by atoms with Crippen molar-refractivity contribution in [3.8, 4) is 5.75 Å². The highest BCUT2D eigenvalue weighted by Gasteiger charge is 2.34. The van der Waals surface area contributed by atoms with Gasteiger partial charge in [0.25, 0.3) is 5.91 Å². The summed E-state index contributed by atoms with van der Waals surface area (Å²) in [6.45, 7) is 7.99. The Hall–Kier alpha value is -2.76. The van der Waals surface area contributed by atoms with Gasteiger partial charge in [0, 0.05) is 41.8 Å². The molecule has 31 heavy (non-hydrogen) atoms. The molecule has 1 aliphatic carbocycles. The number of likely N-dealkylation sites (tertiary alicyclic amines) is 1. The van der Waals surface area contributed by atoms with E-state index in [0.29, 0.717) is 17.5 Å². The molecule has 3 heterocycles. The first-order valence-corrected chi connectivity index (χ1v) is 11.4. The maximum absolute atomic E-state index is 13.3. The molecule has 3 aromatic rings. The summed E-state index contributed by atoms with van der Waals surface area (Å²) < 4.78 is 7.49. The molecule has 2 aromatic heterocycles. The van der Waals surface area contributed by atoms with Gasteiger partial charge in [-0.05, 0) is 82.2 Å². The Labute approximate surface area is 183 Å². The monoisotopic (exact) mass is 420 g/mol. The fourth-order valence-corrected chi connectivity index (χ4v) is 4.85. The van der Waals surface area contributed by atoms with Crippen LogP contribution in [0.3, 0.4) is 0 Å². The number of piperidine rings is 1. The van der Waals surface area contributed by atoms with Crippen molar-refractivity contribution in [1.29, 1.82) is 0 Å². The number of nitrogens with zero attached hydrogens (tertiary/aromatic N) is 3. The summed E-state index contributed by atoms with van der Waals surface area (Å²) in [5.41, 5.74) is 4.18. The van der Waals surface area contributed by atoms with Gasteiger partial charge in [-0.2, -0.15) is 5.10 Å². The van der Waals surface area contributed by atoms with Crippen molar-refractivity contribution >= 4 is 16.8 Å². The fraction of sp³-hybridized carbons (Fsp3) is 0.520. The molecule has 0 radical (unpaired) electrons. The van der Waals surface area contributed by atoms with Crippen LogP contribution in [0.25, 0.3) is 10.9 Å². The summed E-state index contributed by atoms with van der Waals surface area (Å²) in [6.07, 6.45) is 6.46. The number of benzene rings is 1.